The van der Waals surface area contributed by atoms with E-state index < -0.39 is 6.10 Å². The first-order chi connectivity index (χ1) is 14.6. The van der Waals surface area contributed by atoms with Crippen molar-refractivity contribution in [2.45, 2.75) is 58.1 Å². The molecule has 0 aliphatic heterocycles. The Morgan fingerprint density at radius 3 is 2.43 bits per heavy atom. The maximum atomic E-state index is 12.5. The third-order valence-electron chi connectivity index (χ3n) is 5.18. The van der Waals surface area contributed by atoms with E-state index in [0.29, 0.717) is 29.4 Å². The molecule has 160 valence electrons. The molecule has 0 unspecified atom stereocenters. The number of hydrogen-bond donors (Lipinski definition) is 2. The van der Waals surface area contributed by atoms with Gasteiger partial charge in [0.15, 0.2) is 6.10 Å². The Morgan fingerprint density at radius 2 is 1.73 bits per heavy atom. The van der Waals surface area contributed by atoms with Gasteiger partial charge < -0.3 is 20.1 Å². The van der Waals surface area contributed by atoms with E-state index in [4.69, 9.17) is 9.47 Å². The molecule has 2 amide bonds. The highest BCUT2D eigenvalue weighted by molar-refractivity contribution is 5.96. The largest absolute Gasteiger partial charge is 0.492 e. The number of nitrogens with one attached hydrogen (secondary N) is 2. The van der Waals surface area contributed by atoms with Gasteiger partial charge in [-0.05, 0) is 63.1 Å². The van der Waals surface area contributed by atoms with E-state index in [1.54, 1.807) is 37.3 Å². The molecule has 2 aromatic carbocycles. The van der Waals surface area contributed by atoms with E-state index in [-0.39, 0.29) is 17.9 Å². The highest BCUT2D eigenvalue weighted by atomic mass is 16.5. The predicted molar refractivity (Wildman–Crippen MR) is 117 cm³/mol. The van der Waals surface area contributed by atoms with Gasteiger partial charge >= 0.3 is 0 Å². The van der Waals surface area contributed by atoms with Gasteiger partial charge in [-0.2, -0.15) is 0 Å². The SMILES string of the molecule is CCOc1ccccc1NC(=O)[C@@H](C)Oc1ccc(C(=O)NC2CCCCC2)cc1. The summed E-state index contributed by atoms with van der Waals surface area (Å²) < 4.78 is 11.3. The molecule has 0 radical (unpaired) electrons. The third-order valence-corrected chi connectivity index (χ3v) is 5.18. The Kier molecular flexibility index (Phi) is 7.71. The van der Waals surface area contributed by atoms with E-state index in [2.05, 4.69) is 10.6 Å². The first kappa shape index (κ1) is 21.7. The second-order valence-corrected chi connectivity index (χ2v) is 7.51. The van der Waals surface area contributed by atoms with Crippen LogP contribution in [-0.4, -0.2) is 30.6 Å². The monoisotopic (exact) mass is 410 g/mol. The van der Waals surface area contributed by atoms with Crippen LogP contribution in [0.1, 0.15) is 56.3 Å². The van der Waals surface area contributed by atoms with E-state index in [1.165, 1.54) is 19.3 Å². The lowest BCUT2D eigenvalue weighted by atomic mass is 9.95. The molecule has 0 saturated heterocycles. The van der Waals surface area contributed by atoms with Gasteiger partial charge in [-0.25, -0.2) is 0 Å². The van der Waals surface area contributed by atoms with Crippen LogP contribution >= 0.6 is 0 Å². The lowest BCUT2D eigenvalue weighted by molar-refractivity contribution is -0.122. The Balaban J connectivity index is 1.54. The van der Waals surface area contributed by atoms with Crippen molar-refractivity contribution in [2.75, 3.05) is 11.9 Å². The van der Waals surface area contributed by atoms with Gasteiger partial charge in [0.1, 0.15) is 11.5 Å². The molecule has 0 spiro atoms. The summed E-state index contributed by atoms with van der Waals surface area (Å²) in [6, 6.07) is 14.4. The summed E-state index contributed by atoms with van der Waals surface area (Å²) in [5.74, 6) is 0.812. The number of carbonyl (C=O) groups is 2. The summed E-state index contributed by atoms with van der Waals surface area (Å²) in [6.45, 7) is 4.09. The van der Waals surface area contributed by atoms with Gasteiger partial charge in [0.05, 0.1) is 12.3 Å². The lowest BCUT2D eigenvalue weighted by Crippen LogP contribution is -2.36. The highest BCUT2D eigenvalue weighted by Gasteiger charge is 2.18. The summed E-state index contributed by atoms with van der Waals surface area (Å²) >= 11 is 0. The van der Waals surface area contributed by atoms with Gasteiger partial charge in [0.2, 0.25) is 0 Å². The summed E-state index contributed by atoms with van der Waals surface area (Å²) in [4.78, 5) is 24.9. The first-order valence-electron chi connectivity index (χ1n) is 10.7. The molecule has 30 heavy (non-hydrogen) atoms. The van der Waals surface area contributed by atoms with Crippen LogP contribution in [0.2, 0.25) is 0 Å². The number of carbonyl (C=O) groups excluding carboxylic acids is 2. The van der Waals surface area contributed by atoms with Crippen molar-refractivity contribution in [3.8, 4) is 11.5 Å². The van der Waals surface area contributed by atoms with E-state index in [0.717, 1.165) is 12.8 Å². The van der Waals surface area contributed by atoms with Crippen molar-refractivity contribution in [1.82, 2.24) is 5.32 Å². The maximum Gasteiger partial charge on any atom is 0.265 e. The summed E-state index contributed by atoms with van der Waals surface area (Å²) in [5, 5.41) is 5.94. The fourth-order valence-electron chi connectivity index (χ4n) is 3.54. The number of para-hydroxylation sites is 2. The molecule has 6 nitrogen and oxygen atoms in total. The number of rotatable bonds is 8. The van der Waals surface area contributed by atoms with Crippen LogP contribution in [0.15, 0.2) is 48.5 Å². The normalized spacial score (nSPS) is 15.1. The van der Waals surface area contributed by atoms with Crippen LogP contribution in [0.4, 0.5) is 5.69 Å². The van der Waals surface area contributed by atoms with Crippen LogP contribution in [-0.2, 0) is 4.79 Å². The Bertz CT molecular complexity index is 845. The fourth-order valence-corrected chi connectivity index (χ4v) is 3.54. The van der Waals surface area contributed by atoms with Crippen LogP contribution in [0.5, 0.6) is 11.5 Å². The minimum atomic E-state index is -0.707. The standard InChI is InChI=1S/C24H30N2O4/c1-3-29-22-12-8-7-11-21(22)26-23(27)17(2)30-20-15-13-18(14-16-20)24(28)25-19-9-5-4-6-10-19/h7-8,11-17,19H,3-6,9-10H2,1-2H3,(H,25,28)(H,26,27)/t17-/m1/s1. The molecule has 1 atom stereocenters. The Morgan fingerprint density at radius 1 is 1.03 bits per heavy atom. The van der Waals surface area contributed by atoms with E-state index in [1.807, 2.05) is 25.1 Å². The second-order valence-electron chi connectivity index (χ2n) is 7.51. The molecule has 6 heteroatoms. The zero-order valence-electron chi connectivity index (χ0n) is 17.6. The molecular weight excluding hydrogens is 380 g/mol. The van der Waals surface area contributed by atoms with Gasteiger partial charge in [-0.15, -0.1) is 0 Å². The smallest absolute Gasteiger partial charge is 0.265 e. The maximum absolute atomic E-state index is 12.5. The Hall–Kier alpha value is -3.02. The predicted octanol–water partition coefficient (Wildman–Crippen LogP) is 4.55. The quantitative estimate of drug-likeness (QED) is 0.669. The molecule has 1 saturated carbocycles. The molecule has 3 rings (SSSR count). The van der Waals surface area contributed by atoms with Crippen LogP contribution in [0.3, 0.4) is 0 Å². The number of anilines is 1. The minimum Gasteiger partial charge on any atom is -0.492 e. The van der Waals surface area contributed by atoms with Gasteiger partial charge in [-0.1, -0.05) is 31.4 Å². The number of hydrogen-bond acceptors (Lipinski definition) is 4. The van der Waals surface area contributed by atoms with E-state index in [9.17, 15) is 9.59 Å². The molecule has 0 aromatic heterocycles. The van der Waals surface area contributed by atoms with Gasteiger partial charge in [0, 0.05) is 11.6 Å². The van der Waals surface area contributed by atoms with Crippen LogP contribution in [0, 0.1) is 0 Å². The van der Waals surface area contributed by atoms with E-state index >= 15 is 0 Å². The third kappa shape index (κ3) is 5.99. The van der Waals surface area contributed by atoms with Crippen molar-refractivity contribution < 1.29 is 19.1 Å². The topological polar surface area (TPSA) is 76.7 Å². The average Bonchev–Trinajstić information content (AvgIpc) is 2.76. The number of amides is 2. The van der Waals surface area contributed by atoms with Crippen molar-refractivity contribution in [3.05, 3.63) is 54.1 Å². The van der Waals surface area contributed by atoms with Crippen LogP contribution < -0.4 is 20.1 Å². The Labute approximate surface area is 178 Å². The van der Waals surface area contributed by atoms with Crippen molar-refractivity contribution in [2.24, 2.45) is 0 Å². The van der Waals surface area contributed by atoms with Crippen LogP contribution in [0.25, 0.3) is 0 Å². The zero-order valence-corrected chi connectivity index (χ0v) is 17.6. The number of benzene rings is 2. The number of ether oxygens (including phenoxy) is 2. The minimum absolute atomic E-state index is 0.0632. The molecule has 1 aliphatic carbocycles. The molecule has 2 N–H and O–H groups in total. The molecule has 0 heterocycles. The molecule has 2 aromatic rings. The van der Waals surface area contributed by atoms with Crippen molar-refractivity contribution >= 4 is 17.5 Å². The summed E-state index contributed by atoms with van der Waals surface area (Å²) in [6.07, 6.45) is 4.99. The first-order valence-corrected chi connectivity index (χ1v) is 10.7. The molecule has 1 fully saturated rings. The molecule has 1 aliphatic rings. The lowest BCUT2D eigenvalue weighted by Gasteiger charge is -2.22. The zero-order chi connectivity index (χ0) is 21.3. The molecule has 0 bridgehead atoms. The van der Waals surface area contributed by atoms with Crippen molar-refractivity contribution in [1.29, 1.82) is 0 Å². The molecular formula is C24H30N2O4. The second kappa shape index (κ2) is 10.7. The summed E-state index contributed by atoms with van der Waals surface area (Å²) in [7, 11) is 0. The van der Waals surface area contributed by atoms with Crippen molar-refractivity contribution in [3.63, 3.8) is 0 Å². The summed E-state index contributed by atoms with van der Waals surface area (Å²) in [5.41, 5.74) is 1.20. The van der Waals surface area contributed by atoms with Gasteiger partial charge in [-0.3, -0.25) is 9.59 Å². The van der Waals surface area contributed by atoms with Gasteiger partial charge in [0.25, 0.3) is 11.8 Å². The highest BCUT2D eigenvalue weighted by Crippen LogP contribution is 2.24. The average molecular weight is 411 g/mol. The fraction of sp³-hybridized carbons (Fsp3) is 0.417.